The second-order valence-electron chi connectivity index (χ2n) is 4.86. The first-order valence-corrected chi connectivity index (χ1v) is 7.26. The highest BCUT2D eigenvalue weighted by Crippen LogP contribution is 2.26. The van der Waals surface area contributed by atoms with Gasteiger partial charge in [0.2, 0.25) is 0 Å². The van der Waals surface area contributed by atoms with Crippen molar-refractivity contribution < 1.29 is 8.78 Å². The van der Waals surface area contributed by atoms with E-state index < -0.39 is 11.6 Å². The lowest BCUT2D eigenvalue weighted by Gasteiger charge is -2.20. The monoisotopic (exact) mass is 310 g/mol. The predicted molar refractivity (Wildman–Crippen MR) is 80.3 cm³/mol. The van der Waals surface area contributed by atoms with Crippen LogP contribution in [0.3, 0.4) is 0 Å². The Kier molecular flexibility index (Phi) is 5.65. The van der Waals surface area contributed by atoms with E-state index in [1.165, 1.54) is 6.07 Å². The van der Waals surface area contributed by atoms with Crippen molar-refractivity contribution in [1.82, 2.24) is 10.3 Å². The minimum absolute atomic E-state index is 0.202. The molecule has 2 rings (SSSR count). The zero-order valence-electron chi connectivity index (χ0n) is 11.7. The molecule has 0 fully saturated rings. The molecule has 1 unspecified atom stereocenters. The van der Waals surface area contributed by atoms with Gasteiger partial charge in [0.25, 0.3) is 0 Å². The smallest absolute Gasteiger partial charge is 0.142 e. The van der Waals surface area contributed by atoms with E-state index in [-0.39, 0.29) is 16.6 Å². The largest absolute Gasteiger partial charge is 0.310 e. The molecule has 1 atom stereocenters. The molecule has 0 amide bonds. The van der Waals surface area contributed by atoms with Crippen LogP contribution in [0.4, 0.5) is 8.78 Å². The van der Waals surface area contributed by atoms with E-state index in [1.807, 2.05) is 19.1 Å². The van der Waals surface area contributed by atoms with Crippen molar-refractivity contribution in [3.8, 4) is 0 Å². The highest BCUT2D eigenvalue weighted by atomic mass is 35.5. The van der Waals surface area contributed by atoms with Crippen LogP contribution in [0.2, 0.25) is 5.02 Å². The fraction of sp³-hybridized carbons (Fsp3) is 0.312. The van der Waals surface area contributed by atoms with Gasteiger partial charge in [0.05, 0.1) is 5.02 Å². The van der Waals surface area contributed by atoms with Crippen molar-refractivity contribution in [3.63, 3.8) is 0 Å². The number of hydrogen-bond acceptors (Lipinski definition) is 2. The van der Waals surface area contributed by atoms with Crippen LogP contribution in [-0.4, -0.2) is 11.5 Å². The SMILES string of the molecule is CCCNC(Cc1cccnc1)c1cc(F)c(Cl)cc1F. The van der Waals surface area contributed by atoms with E-state index >= 15 is 0 Å². The van der Waals surface area contributed by atoms with Gasteiger partial charge in [-0.2, -0.15) is 0 Å². The molecular weight excluding hydrogens is 294 g/mol. The van der Waals surface area contributed by atoms with E-state index in [9.17, 15) is 8.78 Å². The van der Waals surface area contributed by atoms with Crippen LogP contribution in [0, 0.1) is 11.6 Å². The Balaban J connectivity index is 2.29. The second kappa shape index (κ2) is 7.48. The number of halogens is 3. The van der Waals surface area contributed by atoms with Gasteiger partial charge in [-0.15, -0.1) is 0 Å². The molecular formula is C16H17ClF2N2. The maximum atomic E-state index is 14.1. The van der Waals surface area contributed by atoms with Crippen molar-refractivity contribution >= 4 is 11.6 Å². The summed E-state index contributed by atoms with van der Waals surface area (Å²) < 4.78 is 27.7. The molecule has 0 aliphatic carbocycles. The summed E-state index contributed by atoms with van der Waals surface area (Å²) in [5.41, 5.74) is 1.25. The summed E-state index contributed by atoms with van der Waals surface area (Å²) in [6.07, 6.45) is 4.85. The van der Waals surface area contributed by atoms with E-state index in [0.29, 0.717) is 13.0 Å². The molecule has 0 spiro atoms. The third kappa shape index (κ3) is 4.22. The lowest BCUT2D eigenvalue weighted by molar-refractivity contribution is 0.490. The average Bonchev–Trinajstić information content (AvgIpc) is 2.48. The Morgan fingerprint density at radius 2 is 2.10 bits per heavy atom. The molecule has 2 aromatic rings. The summed E-state index contributed by atoms with van der Waals surface area (Å²) >= 11 is 5.61. The maximum absolute atomic E-state index is 14.1. The van der Waals surface area contributed by atoms with E-state index in [4.69, 9.17) is 11.6 Å². The molecule has 0 saturated heterocycles. The van der Waals surface area contributed by atoms with Crippen LogP contribution >= 0.6 is 11.6 Å². The minimum atomic E-state index is -0.609. The summed E-state index contributed by atoms with van der Waals surface area (Å²) in [5.74, 6) is -1.11. The van der Waals surface area contributed by atoms with Crippen LogP contribution < -0.4 is 5.32 Å². The van der Waals surface area contributed by atoms with Crippen LogP contribution in [0.25, 0.3) is 0 Å². The summed E-state index contributed by atoms with van der Waals surface area (Å²) in [6.45, 7) is 2.74. The fourth-order valence-corrected chi connectivity index (χ4v) is 2.32. The Morgan fingerprint density at radius 3 is 2.76 bits per heavy atom. The van der Waals surface area contributed by atoms with Gasteiger partial charge in [-0.25, -0.2) is 8.78 Å². The first-order chi connectivity index (χ1) is 10.1. The highest BCUT2D eigenvalue weighted by Gasteiger charge is 2.18. The van der Waals surface area contributed by atoms with E-state index in [2.05, 4.69) is 10.3 Å². The van der Waals surface area contributed by atoms with Gasteiger partial charge in [-0.05, 0) is 43.1 Å². The van der Waals surface area contributed by atoms with Gasteiger partial charge in [-0.3, -0.25) is 4.98 Å². The molecule has 0 bridgehead atoms. The van der Waals surface area contributed by atoms with Crippen molar-refractivity contribution in [2.24, 2.45) is 0 Å². The summed E-state index contributed by atoms with van der Waals surface area (Å²) in [7, 11) is 0. The molecule has 1 aromatic carbocycles. The number of nitrogens with zero attached hydrogens (tertiary/aromatic N) is 1. The minimum Gasteiger partial charge on any atom is -0.310 e. The maximum Gasteiger partial charge on any atom is 0.142 e. The Labute approximate surface area is 128 Å². The Bertz CT molecular complexity index is 590. The summed E-state index contributed by atoms with van der Waals surface area (Å²) in [6, 6.07) is 5.61. The molecule has 112 valence electrons. The first kappa shape index (κ1) is 15.9. The zero-order chi connectivity index (χ0) is 15.2. The number of benzene rings is 1. The van der Waals surface area contributed by atoms with Gasteiger partial charge in [-0.1, -0.05) is 24.6 Å². The second-order valence-corrected chi connectivity index (χ2v) is 5.27. The molecule has 0 aliphatic heterocycles. The molecule has 1 aromatic heterocycles. The fourth-order valence-electron chi connectivity index (χ4n) is 2.17. The number of hydrogen-bond donors (Lipinski definition) is 1. The molecule has 2 nitrogen and oxygen atoms in total. The predicted octanol–water partition coefficient (Wildman–Crippen LogP) is 4.30. The number of rotatable bonds is 6. The van der Waals surface area contributed by atoms with Gasteiger partial charge < -0.3 is 5.32 Å². The Hall–Kier alpha value is -1.52. The first-order valence-electron chi connectivity index (χ1n) is 6.88. The van der Waals surface area contributed by atoms with Crippen molar-refractivity contribution in [2.75, 3.05) is 6.54 Å². The van der Waals surface area contributed by atoms with Gasteiger partial charge in [0.1, 0.15) is 11.6 Å². The van der Waals surface area contributed by atoms with Crippen LogP contribution in [-0.2, 0) is 6.42 Å². The van der Waals surface area contributed by atoms with Crippen molar-refractivity contribution in [3.05, 3.63) is 64.4 Å². The normalized spacial score (nSPS) is 12.4. The topological polar surface area (TPSA) is 24.9 Å². The number of aromatic nitrogens is 1. The van der Waals surface area contributed by atoms with Gasteiger partial charge >= 0.3 is 0 Å². The van der Waals surface area contributed by atoms with Gasteiger partial charge in [0.15, 0.2) is 0 Å². The average molecular weight is 311 g/mol. The number of nitrogens with one attached hydrogen (secondary N) is 1. The van der Waals surface area contributed by atoms with Gasteiger partial charge in [0, 0.05) is 24.0 Å². The zero-order valence-corrected chi connectivity index (χ0v) is 12.5. The van der Waals surface area contributed by atoms with Crippen LogP contribution in [0.15, 0.2) is 36.7 Å². The third-order valence-electron chi connectivity index (χ3n) is 3.22. The summed E-state index contributed by atoms with van der Waals surface area (Å²) in [4.78, 5) is 4.05. The Morgan fingerprint density at radius 1 is 1.29 bits per heavy atom. The van der Waals surface area contributed by atoms with E-state index in [0.717, 1.165) is 18.1 Å². The molecule has 1 heterocycles. The van der Waals surface area contributed by atoms with Crippen molar-refractivity contribution in [2.45, 2.75) is 25.8 Å². The molecule has 1 N–H and O–H groups in total. The molecule has 0 saturated carbocycles. The van der Waals surface area contributed by atoms with Crippen molar-refractivity contribution in [1.29, 1.82) is 0 Å². The summed E-state index contributed by atoms with van der Waals surface area (Å²) in [5, 5.41) is 3.04. The van der Waals surface area contributed by atoms with Crippen LogP contribution in [0.5, 0.6) is 0 Å². The third-order valence-corrected chi connectivity index (χ3v) is 3.51. The quantitative estimate of drug-likeness (QED) is 0.805. The standard InChI is InChI=1S/C16H17ClF2N2/c1-2-5-21-16(7-11-4-3-6-20-10-11)12-8-15(19)13(17)9-14(12)18/h3-4,6,8-10,16,21H,2,5,7H2,1H3. The van der Waals surface area contributed by atoms with Crippen LogP contribution in [0.1, 0.15) is 30.5 Å². The molecule has 21 heavy (non-hydrogen) atoms. The highest BCUT2D eigenvalue weighted by molar-refractivity contribution is 6.30. The molecule has 0 aliphatic rings. The molecule has 5 heteroatoms. The molecule has 0 radical (unpaired) electrons. The lowest BCUT2D eigenvalue weighted by Crippen LogP contribution is -2.25. The lowest BCUT2D eigenvalue weighted by atomic mass is 9.99. The number of pyridine rings is 1. The van der Waals surface area contributed by atoms with E-state index in [1.54, 1.807) is 12.4 Å².